The van der Waals surface area contributed by atoms with E-state index < -0.39 is 0 Å². The average Bonchev–Trinajstić information content (AvgIpc) is 2.54. The van der Waals surface area contributed by atoms with Gasteiger partial charge in [-0.05, 0) is 37.1 Å². The lowest BCUT2D eigenvalue weighted by molar-refractivity contribution is -0.679. The molecule has 1 heterocycles. The average molecular weight is 429 g/mol. The molecule has 0 spiro atoms. The molecule has 0 aliphatic carbocycles. The highest BCUT2D eigenvalue weighted by Crippen LogP contribution is 2.38. The van der Waals surface area contributed by atoms with E-state index in [1.54, 1.807) is 21.3 Å². The number of rotatable bonds is 5. The van der Waals surface area contributed by atoms with E-state index in [-0.39, 0.29) is 24.0 Å². The van der Waals surface area contributed by atoms with Crippen LogP contribution in [0.4, 0.5) is 0 Å². The van der Waals surface area contributed by atoms with Crippen molar-refractivity contribution in [1.29, 1.82) is 0 Å². The van der Waals surface area contributed by atoms with Crippen molar-refractivity contribution >= 4 is 0 Å². The highest BCUT2D eigenvalue weighted by Gasteiger charge is 2.18. The molecular weight excluding hydrogens is 405 g/mol. The van der Waals surface area contributed by atoms with E-state index in [1.165, 1.54) is 16.8 Å². The first-order valence-electron chi connectivity index (χ1n) is 7.25. The Bertz CT molecular complexity index is 661. The number of pyridine rings is 1. The molecule has 23 heavy (non-hydrogen) atoms. The van der Waals surface area contributed by atoms with Crippen LogP contribution < -0.4 is 42.8 Å². The van der Waals surface area contributed by atoms with Crippen LogP contribution in [0.15, 0.2) is 24.4 Å². The molecule has 0 amide bonds. The first-order valence-corrected chi connectivity index (χ1v) is 7.25. The van der Waals surface area contributed by atoms with Gasteiger partial charge in [0.05, 0.1) is 27.8 Å². The Hall–Kier alpha value is -1.50. The maximum atomic E-state index is 5.43. The number of nitrogens with zero attached hydrogens (tertiary/aromatic N) is 1. The Morgan fingerprint density at radius 3 is 2.00 bits per heavy atom. The summed E-state index contributed by atoms with van der Waals surface area (Å²) in [5.41, 5.74) is 4.99. The van der Waals surface area contributed by atoms with Gasteiger partial charge in [0.2, 0.25) is 5.75 Å². The summed E-state index contributed by atoms with van der Waals surface area (Å²) in [7, 11) is 6.96. The predicted octanol–water partition coefficient (Wildman–Crippen LogP) is -0.251. The maximum Gasteiger partial charge on any atom is 0.203 e. The van der Waals surface area contributed by atoms with E-state index in [2.05, 4.69) is 37.7 Å². The fourth-order valence-electron chi connectivity index (χ4n) is 2.62. The molecular formula is C18H24INO3. The zero-order valence-electron chi connectivity index (χ0n) is 14.6. The summed E-state index contributed by atoms with van der Waals surface area (Å²) >= 11 is 0. The first-order chi connectivity index (χ1) is 10.5. The molecule has 1 aromatic heterocycles. The lowest BCUT2D eigenvalue weighted by atomic mass is 10.0. The van der Waals surface area contributed by atoms with Crippen LogP contribution in [-0.2, 0) is 13.5 Å². The van der Waals surface area contributed by atoms with E-state index in [9.17, 15) is 0 Å². The molecule has 2 rings (SSSR count). The second kappa shape index (κ2) is 8.38. The first kappa shape index (κ1) is 19.5. The van der Waals surface area contributed by atoms with Gasteiger partial charge in [-0.1, -0.05) is 0 Å². The van der Waals surface area contributed by atoms with Gasteiger partial charge in [0, 0.05) is 11.6 Å². The molecule has 4 nitrogen and oxygen atoms in total. The summed E-state index contributed by atoms with van der Waals surface area (Å²) in [6.07, 6.45) is 2.90. The summed E-state index contributed by atoms with van der Waals surface area (Å²) in [6.45, 7) is 4.29. The van der Waals surface area contributed by atoms with Crippen molar-refractivity contribution in [1.82, 2.24) is 0 Å². The zero-order chi connectivity index (χ0) is 16.3. The van der Waals surface area contributed by atoms with Crippen molar-refractivity contribution in [3.05, 3.63) is 46.8 Å². The number of halogens is 1. The number of aryl methyl sites for hydroxylation is 2. The molecule has 0 bridgehead atoms. The van der Waals surface area contributed by atoms with Crippen LogP contribution in [0.5, 0.6) is 17.2 Å². The van der Waals surface area contributed by atoms with Crippen molar-refractivity contribution in [3.63, 3.8) is 0 Å². The minimum absolute atomic E-state index is 0. The molecule has 0 aliphatic heterocycles. The van der Waals surface area contributed by atoms with Gasteiger partial charge in [0.25, 0.3) is 0 Å². The van der Waals surface area contributed by atoms with E-state index in [1.807, 2.05) is 12.1 Å². The van der Waals surface area contributed by atoms with Crippen LogP contribution in [0.25, 0.3) is 0 Å². The largest absolute Gasteiger partial charge is 1.00 e. The van der Waals surface area contributed by atoms with E-state index in [0.29, 0.717) is 17.2 Å². The summed E-state index contributed by atoms with van der Waals surface area (Å²) in [6, 6.07) is 6.14. The van der Waals surface area contributed by atoms with Gasteiger partial charge >= 0.3 is 0 Å². The highest BCUT2D eigenvalue weighted by molar-refractivity contribution is 5.54. The topological polar surface area (TPSA) is 31.6 Å². The third-order valence-electron chi connectivity index (χ3n) is 4.09. The Balaban J connectivity index is 0.00000264. The molecule has 0 aliphatic rings. The third kappa shape index (κ3) is 4.07. The molecule has 0 saturated heterocycles. The summed E-state index contributed by atoms with van der Waals surface area (Å²) in [5.74, 6) is 1.99. The lowest BCUT2D eigenvalue weighted by Crippen LogP contribution is -3.00. The number of aromatic nitrogens is 1. The van der Waals surface area contributed by atoms with E-state index in [0.717, 1.165) is 12.0 Å². The number of hydrogen-bond donors (Lipinski definition) is 0. The van der Waals surface area contributed by atoms with Crippen LogP contribution in [0.3, 0.4) is 0 Å². The van der Waals surface area contributed by atoms with Crippen molar-refractivity contribution in [2.24, 2.45) is 7.05 Å². The number of hydrogen-bond acceptors (Lipinski definition) is 3. The van der Waals surface area contributed by atoms with Crippen LogP contribution in [0, 0.1) is 13.8 Å². The van der Waals surface area contributed by atoms with E-state index >= 15 is 0 Å². The minimum Gasteiger partial charge on any atom is -1.00 e. The number of methoxy groups -OCH3 is 3. The summed E-state index contributed by atoms with van der Waals surface area (Å²) < 4.78 is 18.4. The molecule has 126 valence electrons. The predicted molar refractivity (Wildman–Crippen MR) is 86.0 cm³/mol. The molecule has 2 aromatic rings. The zero-order valence-corrected chi connectivity index (χ0v) is 16.7. The van der Waals surface area contributed by atoms with Gasteiger partial charge in [0.1, 0.15) is 7.05 Å². The quantitative estimate of drug-likeness (QED) is 0.486. The smallest absolute Gasteiger partial charge is 0.203 e. The van der Waals surface area contributed by atoms with Crippen LogP contribution in [-0.4, -0.2) is 21.3 Å². The maximum absolute atomic E-state index is 5.43. The number of ether oxygens (including phenoxy) is 3. The van der Waals surface area contributed by atoms with Gasteiger partial charge in [-0.25, -0.2) is 4.57 Å². The second-order valence-electron chi connectivity index (χ2n) is 5.39. The minimum atomic E-state index is 0. The summed E-state index contributed by atoms with van der Waals surface area (Å²) in [4.78, 5) is 0. The van der Waals surface area contributed by atoms with Crippen LogP contribution in [0.2, 0.25) is 0 Å². The van der Waals surface area contributed by atoms with Crippen molar-refractivity contribution < 1.29 is 42.8 Å². The Kier molecular flexibility index (Phi) is 7.12. The van der Waals surface area contributed by atoms with Gasteiger partial charge in [0.15, 0.2) is 23.4 Å². The molecule has 0 atom stereocenters. The van der Waals surface area contributed by atoms with Crippen molar-refractivity contribution in [2.45, 2.75) is 20.3 Å². The Labute approximate surface area is 155 Å². The van der Waals surface area contributed by atoms with Crippen molar-refractivity contribution in [2.75, 3.05) is 21.3 Å². The standard InChI is InChI=1S/C18H24NO3.HI/c1-12-7-8-19(3)15(13(12)2)9-14-10-16(20-4)18(22-6)17(11-14)21-5;/h7-8,10-11H,9H2,1-6H3;1H/q+1;/p-1. The normalized spacial score (nSPS) is 10.0. The van der Waals surface area contributed by atoms with Gasteiger partial charge in [-0.15, -0.1) is 0 Å². The lowest BCUT2D eigenvalue weighted by Gasteiger charge is -2.14. The molecule has 1 aromatic carbocycles. The van der Waals surface area contributed by atoms with E-state index in [4.69, 9.17) is 14.2 Å². The van der Waals surface area contributed by atoms with Gasteiger partial charge < -0.3 is 38.2 Å². The molecule has 5 heteroatoms. The second-order valence-corrected chi connectivity index (χ2v) is 5.39. The molecule has 0 N–H and O–H groups in total. The monoisotopic (exact) mass is 429 g/mol. The molecule has 0 saturated carbocycles. The fourth-order valence-corrected chi connectivity index (χ4v) is 2.62. The van der Waals surface area contributed by atoms with Crippen molar-refractivity contribution in [3.8, 4) is 17.2 Å². The molecule has 0 radical (unpaired) electrons. The fraction of sp³-hybridized carbons (Fsp3) is 0.389. The third-order valence-corrected chi connectivity index (χ3v) is 4.09. The number of benzene rings is 1. The summed E-state index contributed by atoms with van der Waals surface area (Å²) in [5, 5.41) is 0. The van der Waals surface area contributed by atoms with Crippen LogP contribution >= 0.6 is 0 Å². The Morgan fingerprint density at radius 2 is 1.52 bits per heavy atom. The highest BCUT2D eigenvalue weighted by atomic mass is 127. The molecule has 0 unspecified atom stereocenters. The molecule has 0 fully saturated rings. The SMILES string of the molecule is COc1cc(Cc2c(C)c(C)cc[n+]2C)cc(OC)c1OC.[I-]. The van der Waals surface area contributed by atoms with Gasteiger partial charge in [-0.3, -0.25) is 0 Å². The Morgan fingerprint density at radius 1 is 0.957 bits per heavy atom. The van der Waals surface area contributed by atoms with Gasteiger partial charge in [-0.2, -0.15) is 0 Å². The van der Waals surface area contributed by atoms with Crippen LogP contribution in [0.1, 0.15) is 22.4 Å².